The third-order valence-corrected chi connectivity index (χ3v) is 5.09. The Balaban J connectivity index is 1.35. The summed E-state index contributed by atoms with van der Waals surface area (Å²) in [4.78, 5) is 34.6. The topological polar surface area (TPSA) is 137 Å². The monoisotopic (exact) mass is 442 g/mol. The van der Waals surface area contributed by atoms with Crippen LogP contribution in [0.1, 0.15) is 26.5 Å². The molecule has 11 heteroatoms. The molecular weight excluding hydrogens is 422 g/mol. The molecule has 0 aliphatic rings. The number of carbonyl (C=O) groups is 2. The smallest absolute Gasteiger partial charge is 0.324 e. The second-order valence-corrected chi connectivity index (χ2v) is 7.33. The first kappa shape index (κ1) is 20.1. The number of H-pyrrole nitrogens is 2. The Labute approximate surface area is 187 Å². The van der Waals surface area contributed by atoms with Gasteiger partial charge in [0.05, 0.1) is 24.1 Å². The lowest BCUT2D eigenvalue weighted by atomic mass is 10.2. The molecule has 0 aliphatic carbocycles. The van der Waals surface area contributed by atoms with Crippen molar-refractivity contribution < 1.29 is 14.3 Å². The average molecular weight is 442 g/mol. The van der Waals surface area contributed by atoms with Gasteiger partial charge in [0.2, 0.25) is 5.78 Å². The molecule has 0 unspecified atom stereocenters. The van der Waals surface area contributed by atoms with Gasteiger partial charge in [-0.3, -0.25) is 19.1 Å². The lowest BCUT2D eigenvalue weighted by Crippen LogP contribution is -2.40. The second-order valence-electron chi connectivity index (χ2n) is 7.33. The van der Waals surface area contributed by atoms with Crippen LogP contribution in [0.3, 0.4) is 0 Å². The van der Waals surface area contributed by atoms with E-state index in [-0.39, 0.29) is 17.8 Å². The second kappa shape index (κ2) is 8.38. The summed E-state index contributed by atoms with van der Waals surface area (Å²) in [6, 6.07) is 13.2. The number of anilines is 1. The molecule has 4 aromatic heterocycles. The third kappa shape index (κ3) is 4.06. The Morgan fingerprint density at radius 3 is 2.73 bits per heavy atom. The Kier molecular flexibility index (Phi) is 5.11. The lowest BCUT2D eigenvalue weighted by molar-refractivity contribution is -0.728. The summed E-state index contributed by atoms with van der Waals surface area (Å²) in [6.07, 6.45) is 6.72. The predicted octanol–water partition coefficient (Wildman–Crippen LogP) is 1.45. The minimum atomic E-state index is -0.475. The van der Waals surface area contributed by atoms with Crippen molar-refractivity contribution in [2.45, 2.75) is 6.54 Å². The van der Waals surface area contributed by atoms with Crippen LogP contribution in [0.2, 0.25) is 0 Å². The van der Waals surface area contributed by atoms with Gasteiger partial charge >= 0.3 is 11.6 Å². The molecule has 11 nitrogen and oxygen atoms in total. The van der Waals surface area contributed by atoms with E-state index in [0.717, 1.165) is 17.0 Å². The van der Waals surface area contributed by atoms with Crippen molar-refractivity contribution >= 4 is 23.4 Å². The maximum absolute atomic E-state index is 13.0. The molecule has 2 amide bonds. The molecule has 0 saturated heterocycles. The summed E-state index contributed by atoms with van der Waals surface area (Å²) in [7, 11) is 1.65. The van der Waals surface area contributed by atoms with Crippen LogP contribution in [0, 0.1) is 0 Å². The van der Waals surface area contributed by atoms with Crippen LogP contribution >= 0.6 is 0 Å². The number of aryl methyl sites for hydroxylation is 1. The molecule has 4 heterocycles. The summed E-state index contributed by atoms with van der Waals surface area (Å²) >= 11 is 0. The summed E-state index contributed by atoms with van der Waals surface area (Å²) in [5.74, 6) is -0.0988. The first-order chi connectivity index (χ1) is 16.1. The summed E-state index contributed by atoms with van der Waals surface area (Å²) in [5.41, 5.74) is 2.88. The van der Waals surface area contributed by atoms with Gasteiger partial charge in [-0.05, 0) is 12.1 Å². The number of benzene rings is 1. The SMILES string of the molecule is C[n+]1[nH]cc(C(=O)NCc2ccn[nH]2)c1C(=O)Nc1ccn2cc(-c3ccccc3)nc2n1. The molecule has 5 rings (SSSR count). The molecule has 0 atom stereocenters. The number of imidazole rings is 1. The Hall–Kier alpha value is -4.80. The van der Waals surface area contributed by atoms with Gasteiger partial charge in [0.1, 0.15) is 11.4 Å². The van der Waals surface area contributed by atoms with Gasteiger partial charge in [0.25, 0.3) is 5.91 Å². The normalized spacial score (nSPS) is 10.9. The van der Waals surface area contributed by atoms with E-state index in [2.05, 4.69) is 35.9 Å². The molecule has 0 aliphatic heterocycles. The molecule has 164 valence electrons. The molecule has 33 heavy (non-hydrogen) atoms. The van der Waals surface area contributed by atoms with Gasteiger partial charge in [-0.25, -0.2) is 4.98 Å². The number of rotatable bonds is 6. The van der Waals surface area contributed by atoms with E-state index in [0.29, 0.717) is 11.6 Å². The number of amides is 2. The van der Waals surface area contributed by atoms with Crippen molar-refractivity contribution in [3.8, 4) is 11.3 Å². The fourth-order valence-electron chi connectivity index (χ4n) is 3.44. The Morgan fingerprint density at radius 2 is 1.94 bits per heavy atom. The van der Waals surface area contributed by atoms with Gasteiger partial charge < -0.3 is 10.6 Å². The number of nitrogens with one attached hydrogen (secondary N) is 4. The van der Waals surface area contributed by atoms with Crippen LogP contribution < -0.4 is 15.3 Å². The summed E-state index contributed by atoms with van der Waals surface area (Å²) < 4.78 is 3.25. The predicted molar refractivity (Wildman–Crippen MR) is 118 cm³/mol. The fraction of sp³-hybridized carbons (Fsp3) is 0.0909. The molecule has 4 N–H and O–H groups in total. The van der Waals surface area contributed by atoms with Crippen LogP contribution in [0.5, 0.6) is 0 Å². The molecule has 0 spiro atoms. The number of fused-ring (bicyclic) bond motifs is 1. The highest BCUT2D eigenvalue weighted by Crippen LogP contribution is 2.19. The van der Waals surface area contributed by atoms with Crippen molar-refractivity contribution in [3.63, 3.8) is 0 Å². The van der Waals surface area contributed by atoms with Crippen molar-refractivity contribution in [2.75, 3.05) is 5.32 Å². The number of aromatic nitrogens is 7. The quantitative estimate of drug-likeness (QED) is 0.295. The number of hydrogen-bond acceptors (Lipinski definition) is 5. The Morgan fingerprint density at radius 1 is 1.09 bits per heavy atom. The van der Waals surface area contributed by atoms with Gasteiger partial charge in [-0.1, -0.05) is 30.3 Å². The van der Waals surface area contributed by atoms with Gasteiger partial charge in [0.15, 0.2) is 7.05 Å². The van der Waals surface area contributed by atoms with Crippen LogP contribution in [-0.2, 0) is 13.6 Å². The lowest BCUT2D eigenvalue weighted by Gasteiger charge is -2.04. The molecular formula is C22H20N9O2+. The van der Waals surface area contributed by atoms with Crippen molar-refractivity contribution in [2.24, 2.45) is 7.05 Å². The molecule has 0 bridgehead atoms. The van der Waals surface area contributed by atoms with Crippen LogP contribution in [0.25, 0.3) is 17.0 Å². The van der Waals surface area contributed by atoms with E-state index in [4.69, 9.17) is 0 Å². The maximum Gasteiger partial charge on any atom is 0.324 e. The molecule has 0 saturated carbocycles. The standard InChI is InChI=1S/C22H19N9O2/c1-30-19(16(12-25-30)20(32)23-11-15-7-9-24-29-15)21(33)27-18-8-10-31-13-17(26-22(31)28-18)14-5-3-2-4-6-14/h2-10,12-13H,11H2,1H3,(H3,23,24,26,27,28,29,32,33)/p+1. The van der Waals surface area contributed by atoms with E-state index in [1.165, 1.54) is 10.9 Å². The number of carbonyl (C=O) groups excluding carboxylic acids is 2. The maximum atomic E-state index is 13.0. The van der Waals surface area contributed by atoms with Gasteiger partial charge in [-0.2, -0.15) is 15.2 Å². The minimum absolute atomic E-state index is 0.173. The van der Waals surface area contributed by atoms with Gasteiger partial charge in [-0.15, -0.1) is 4.68 Å². The van der Waals surface area contributed by atoms with E-state index >= 15 is 0 Å². The zero-order valence-electron chi connectivity index (χ0n) is 17.6. The molecule has 0 fully saturated rings. The highest BCUT2D eigenvalue weighted by atomic mass is 16.2. The van der Waals surface area contributed by atoms with Crippen LogP contribution in [0.4, 0.5) is 5.82 Å². The fourth-order valence-corrected chi connectivity index (χ4v) is 3.44. The minimum Gasteiger partial charge on any atom is -0.346 e. The highest BCUT2D eigenvalue weighted by molar-refractivity contribution is 6.09. The summed E-state index contributed by atoms with van der Waals surface area (Å²) in [6.45, 7) is 0.261. The van der Waals surface area contributed by atoms with Crippen molar-refractivity contribution in [1.29, 1.82) is 0 Å². The zero-order chi connectivity index (χ0) is 22.8. The van der Waals surface area contributed by atoms with E-state index in [9.17, 15) is 9.59 Å². The van der Waals surface area contributed by atoms with E-state index in [1.807, 2.05) is 36.5 Å². The zero-order valence-corrected chi connectivity index (χ0v) is 17.6. The average Bonchev–Trinajstić information content (AvgIpc) is 3.57. The van der Waals surface area contributed by atoms with E-state index < -0.39 is 11.8 Å². The van der Waals surface area contributed by atoms with Crippen LogP contribution in [-0.4, -0.2) is 41.5 Å². The highest BCUT2D eigenvalue weighted by Gasteiger charge is 2.29. The molecule has 5 aromatic rings. The summed E-state index contributed by atoms with van der Waals surface area (Å²) in [5, 5.41) is 15.0. The first-order valence-corrected chi connectivity index (χ1v) is 10.1. The number of nitrogens with zero attached hydrogens (tertiary/aromatic N) is 5. The molecule has 1 aromatic carbocycles. The molecule has 0 radical (unpaired) electrons. The first-order valence-electron chi connectivity index (χ1n) is 10.1. The largest absolute Gasteiger partial charge is 0.346 e. The Bertz CT molecular complexity index is 1440. The number of hydrogen-bond donors (Lipinski definition) is 4. The van der Waals surface area contributed by atoms with Gasteiger partial charge in [0, 0.05) is 24.2 Å². The van der Waals surface area contributed by atoms with E-state index in [1.54, 1.807) is 36.0 Å². The van der Waals surface area contributed by atoms with Crippen molar-refractivity contribution in [3.05, 3.63) is 84.2 Å². The van der Waals surface area contributed by atoms with Crippen molar-refractivity contribution in [1.82, 2.24) is 35.0 Å². The third-order valence-electron chi connectivity index (χ3n) is 5.09. The van der Waals surface area contributed by atoms with Crippen LogP contribution in [0.15, 0.2) is 67.3 Å². The number of aromatic amines is 2.